The number of unbranched alkanes of at least 4 members (excludes halogenated alkanes) is 2. The van der Waals surface area contributed by atoms with Gasteiger partial charge in [-0.1, -0.05) is 36.8 Å². The first-order valence-corrected chi connectivity index (χ1v) is 27.5. The Bertz CT molecular complexity index is 2560. The van der Waals surface area contributed by atoms with Crippen LogP contribution in [-0.2, 0) is 74.4 Å². The van der Waals surface area contributed by atoms with Crippen molar-refractivity contribution in [1.82, 2.24) is 0 Å². The predicted molar refractivity (Wildman–Crippen MR) is 263 cm³/mol. The summed E-state index contributed by atoms with van der Waals surface area (Å²) in [7, 11) is -10.3. The van der Waals surface area contributed by atoms with Gasteiger partial charge in [-0.25, -0.2) is 0 Å². The van der Waals surface area contributed by atoms with E-state index < -0.39 is 52.9 Å². The standard InChI is InChI=1S/C48H68N2O17S3/c1-47(21-13-35-68(53,54)55)40-36-38(69(56,57)58)18-20-43(40)50(24-26-64-29-30-66-33-34-67-32-31-65-28-27-63-4)44(47)14-9-6-5-7-10-15-45-48(2,22-25-62-3)41-37-39(70(59,60)61)17-19-42(41)49(45)23-12-8-11-16-46(51)52/h5-7,9-10,14-15,17-20,36-37H,8,11-13,16,21-35H2,1-4H3,(H3-,51,52,53,54,55,56,57,58,59,60,61)/p+1. The zero-order valence-electron chi connectivity index (χ0n) is 40.4. The highest BCUT2D eigenvalue weighted by molar-refractivity contribution is 7.86. The second-order valence-corrected chi connectivity index (χ2v) is 21.5. The molecule has 0 bridgehead atoms. The molecule has 0 aromatic heterocycles. The number of carboxylic acid groups (broad SMARTS) is 1. The molecule has 2 aliphatic rings. The van der Waals surface area contributed by atoms with Crippen LogP contribution in [0, 0.1) is 0 Å². The minimum atomic E-state index is -4.61. The first-order valence-electron chi connectivity index (χ1n) is 23.0. The Balaban J connectivity index is 1.60. The van der Waals surface area contributed by atoms with Crippen LogP contribution in [0.4, 0.5) is 11.4 Å². The number of fused-ring (bicyclic) bond motifs is 2. The van der Waals surface area contributed by atoms with Crippen LogP contribution >= 0.6 is 0 Å². The maximum atomic E-state index is 12.3. The molecule has 0 saturated heterocycles. The lowest BCUT2D eigenvalue weighted by Crippen LogP contribution is -2.32. The number of hydrogen-bond acceptors (Lipinski definition) is 14. The van der Waals surface area contributed by atoms with E-state index in [-0.39, 0.29) is 42.3 Å². The van der Waals surface area contributed by atoms with Gasteiger partial charge in [0.25, 0.3) is 30.4 Å². The van der Waals surface area contributed by atoms with E-state index in [2.05, 4.69) is 4.90 Å². The van der Waals surface area contributed by atoms with E-state index in [1.54, 1.807) is 44.6 Å². The fourth-order valence-corrected chi connectivity index (χ4v) is 10.1. The van der Waals surface area contributed by atoms with Crippen LogP contribution in [0.1, 0.15) is 69.9 Å². The predicted octanol–water partition coefficient (Wildman–Crippen LogP) is 5.93. The van der Waals surface area contributed by atoms with Crippen LogP contribution in [0.5, 0.6) is 0 Å². The molecule has 2 heterocycles. The van der Waals surface area contributed by atoms with Crippen molar-refractivity contribution < 1.29 is 81.8 Å². The van der Waals surface area contributed by atoms with E-state index >= 15 is 0 Å². The Hall–Kier alpha value is -4.17. The lowest BCUT2D eigenvalue weighted by Gasteiger charge is -2.30. The lowest BCUT2D eigenvalue weighted by atomic mass is 9.76. The molecular weight excluding hydrogens is 973 g/mol. The van der Waals surface area contributed by atoms with Gasteiger partial charge in [0.2, 0.25) is 5.69 Å². The van der Waals surface area contributed by atoms with E-state index in [0.717, 1.165) is 11.4 Å². The van der Waals surface area contributed by atoms with Gasteiger partial charge in [0.15, 0.2) is 12.3 Å². The normalized spacial score (nSPS) is 19.2. The van der Waals surface area contributed by atoms with E-state index in [0.29, 0.717) is 114 Å². The molecule has 0 radical (unpaired) electrons. The summed E-state index contributed by atoms with van der Waals surface area (Å²) in [5, 5.41) is 9.14. The van der Waals surface area contributed by atoms with Crippen molar-refractivity contribution >= 4 is 53.4 Å². The smallest absolute Gasteiger partial charge is 0.303 e. The average Bonchev–Trinajstić information content (AvgIpc) is 3.66. The summed E-state index contributed by atoms with van der Waals surface area (Å²) in [6.45, 7) is 8.44. The number of hydrogen-bond donors (Lipinski definition) is 4. The molecule has 0 spiro atoms. The maximum absolute atomic E-state index is 12.3. The van der Waals surface area contributed by atoms with Crippen molar-refractivity contribution in [2.24, 2.45) is 0 Å². The number of methoxy groups -OCH3 is 2. The number of ether oxygens (including phenoxy) is 6. The van der Waals surface area contributed by atoms with Crippen molar-refractivity contribution in [3.05, 3.63) is 95.8 Å². The van der Waals surface area contributed by atoms with E-state index in [9.17, 15) is 43.7 Å². The molecule has 0 saturated carbocycles. The fourth-order valence-electron chi connectivity index (χ4n) is 8.58. The number of aliphatic carboxylic acids is 1. The van der Waals surface area contributed by atoms with E-state index in [1.807, 2.05) is 42.7 Å². The zero-order chi connectivity index (χ0) is 51.4. The van der Waals surface area contributed by atoms with Crippen LogP contribution in [0.3, 0.4) is 0 Å². The molecule has 19 nitrogen and oxygen atoms in total. The second kappa shape index (κ2) is 27.6. The molecule has 70 heavy (non-hydrogen) atoms. The van der Waals surface area contributed by atoms with E-state index in [1.165, 1.54) is 24.3 Å². The zero-order valence-corrected chi connectivity index (χ0v) is 42.8. The van der Waals surface area contributed by atoms with Gasteiger partial charge in [0, 0.05) is 68.3 Å². The molecule has 4 N–H and O–H groups in total. The number of carbonyl (C=O) groups is 1. The topological polar surface area (TPSA) is 262 Å². The molecule has 22 heteroatoms. The molecule has 0 amide bonds. The Morgan fingerprint density at radius 1 is 0.643 bits per heavy atom. The van der Waals surface area contributed by atoms with Crippen LogP contribution in [0.15, 0.2) is 94.4 Å². The van der Waals surface area contributed by atoms with Gasteiger partial charge < -0.3 is 38.4 Å². The first kappa shape index (κ1) is 58.4. The van der Waals surface area contributed by atoms with Crippen molar-refractivity contribution in [3.63, 3.8) is 0 Å². The van der Waals surface area contributed by atoms with E-state index in [4.69, 9.17) is 33.5 Å². The molecule has 390 valence electrons. The summed E-state index contributed by atoms with van der Waals surface area (Å²) in [5.41, 5.74) is 2.44. The van der Waals surface area contributed by atoms with Crippen LogP contribution < -0.4 is 4.90 Å². The fraction of sp³-hybridized carbons (Fsp3) is 0.542. The third-order valence-corrected chi connectivity index (χ3v) is 14.6. The van der Waals surface area contributed by atoms with Crippen LogP contribution in [-0.4, -0.2) is 159 Å². The first-order chi connectivity index (χ1) is 33.2. The van der Waals surface area contributed by atoms with Gasteiger partial charge in [0.05, 0.1) is 73.8 Å². The third-order valence-electron chi connectivity index (χ3n) is 12.1. The van der Waals surface area contributed by atoms with Gasteiger partial charge in [-0.2, -0.15) is 29.8 Å². The molecular formula is C48H69N2O17S3+. The maximum Gasteiger partial charge on any atom is 0.303 e. The molecule has 2 atom stereocenters. The van der Waals surface area contributed by atoms with Gasteiger partial charge in [-0.15, -0.1) is 0 Å². The summed E-state index contributed by atoms with van der Waals surface area (Å²) < 4.78 is 137. The molecule has 4 rings (SSSR count). The summed E-state index contributed by atoms with van der Waals surface area (Å²) in [5.74, 6) is -1.39. The van der Waals surface area contributed by atoms with Crippen molar-refractivity contribution in [2.75, 3.05) is 104 Å². The Kier molecular flexibility index (Phi) is 23.0. The molecule has 2 aromatic rings. The van der Waals surface area contributed by atoms with Gasteiger partial charge in [-0.3, -0.25) is 18.5 Å². The summed E-state index contributed by atoms with van der Waals surface area (Å²) in [6, 6.07) is 8.78. The van der Waals surface area contributed by atoms with Gasteiger partial charge in [-0.05, 0) is 87.9 Å². The van der Waals surface area contributed by atoms with Gasteiger partial charge in [0.1, 0.15) is 6.61 Å². The van der Waals surface area contributed by atoms with Crippen LogP contribution in [0.2, 0.25) is 0 Å². The minimum Gasteiger partial charge on any atom is -0.481 e. The number of rotatable bonds is 34. The summed E-state index contributed by atoms with van der Waals surface area (Å²) in [4.78, 5) is 12.7. The lowest BCUT2D eigenvalue weighted by molar-refractivity contribution is -0.442. The number of benzene rings is 2. The molecule has 2 aromatic carbocycles. The number of carboxylic acids is 1. The highest BCUT2D eigenvalue weighted by atomic mass is 32.2. The third kappa shape index (κ3) is 17.3. The van der Waals surface area contributed by atoms with Crippen molar-refractivity contribution in [2.45, 2.75) is 79.4 Å². The van der Waals surface area contributed by atoms with Crippen molar-refractivity contribution in [3.8, 4) is 0 Å². The van der Waals surface area contributed by atoms with Gasteiger partial charge >= 0.3 is 5.97 Å². The quantitative estimate of drug-likeness (QED) is 0.0274. The SMILES string of the molecule is COCCOCCOCCOCCOCC[N+]1=C(/C=C/C=C/C=C/C=C2/N(CCCCCC(=O)O)c3ccc(S(=O)(=O)O)cc3C2(C)CCOC)C(C)(CCCS(=O)(=O)O)c2cc(S(=O)(=O)O)ccc21. The summed E-state index contributed by atoms with van der Waals surface area (Å²) in [6.07, 6.45) is 15.3. The highest BCUT2D eigenvalue weighted by Crippen LogP contribution is 2.51. The molecule has 2 aliphatic heterocycles. The second-order valence-electron chi connectivity index (χ2n) is 17.1. The summed E-state index contributed by atoms with van der Waals surface area (Å²) >= 11 is 0. The largest absolute Gasteiger partial charge is 0.481 e. The Labute approximate surface area is 412 Å². The minimum absolute atomic E-state index is 0.0331. The highest BCUT2D eigenvalue weighted by Gasteiger charge is 2.48. The number of anilines is 1. The Morgan fingerprint density at radius 2 is 1.20 bits per heavy atom. The monoisotopic (exact) mass is 1040 g/mol. The number of nitrogens with zero attached hydrogens (tertiary/aromatic N) is 2. The number of allylic oxidation sites excluding steroid dienone is 8. The van der Waals surface area contributed by atoms with Crippen molar-refractivity contribution in [1.29, 1.82) is 0 Å². The van der Waals surface area contributed by atoms with Crippen LogP contribution in [0.25, 0.3) is 0 Å². The molecule has 0 fully saturated rings. The molecule has 0 aliphatic carbocycles. The average molecular weight is 1040 g/mol. The molecule has 2 unspecified atom stereocenters. The Morgan fingerprint density at radius 3 is 1.79 bits per heavy atom.